The van der Waals surface area contributed by atoms with Crippen molar-refractivity contribution in [1.82, 2.24) is 15.0 Å². The summed E-state index contributed by atoms with van der Waals surface area (Å²) in [7, 11) is 0. The summed E-state index contributed by atoms with van der Waals surface area (Å²) in [6.45, 7) is 1.83. The largest absolute Gasteiger partial charge is 0.510 e. The molecule has 2 heterocycles. The fraction of sp³-hybridized carbons (Fsp3) is 0.133. The number of imidazole rings is 1. The number of hydrogen-bond acceptors (Lipinski definition) is 6. The second-order valence-electron chi connectivity index (χ2n) is 4.53. The van der Waals surface area contributed by atoms with Crippen molar-refractivity contribution in [1.29, 1.82) is 5.26 Å². The van der Waals surface area contributed by atoms with E-state index in [2.05, 4.69) is 15.0 Å². The zero-order valence-corrected chi connectivity index (χ0v) is 13.3. The second kappa shape index (κ2) is 6.22. The molecule has 2 N–H and O–H groups in total. The van der Waals surface area contributed by atoms with Gasteiger partial charge in [0.05, 0.1) is 16.3 Å². The maximum Gasteiger partial charge on any atom is 0.152 e. The summed E-state index contributed by atoms with van der Waals surface area (Å²) in [5.74, 6) is 0.384. The van der Waals surface area contributed by atoms with Crippen LogP contribution in [-0.4, -0.2) is 25.3 Å². The standard InChI is InChI=1S/C15H12N4OS2/c1-9(22-15-17-6-7-21-15)13(20)10(8-16)14-18-11-4-2-3-5-12(11)19-14/h2-7,9,20H,1H3,(H,18,19)/b13-10-. The zero-order valence-electron chi connectivity index (χ0n) is 11.6. The molecule has 0 radical (unpaired) electrons. The van der Waals surface area contributed by atoms with Gasteiger partial charge in [0.2, 0.25) is 0 Å². The van der Waals surface area contributed by atoms with Crippen LogP contribution in [0.1, 0.15) is 12.7 Å². The highest BCUT2D eigenvalue weighted by atomic mass is 32.2. The summed E-state index contributed by atoms with van der Waals surface area (Å²) in [5, 5.41) is 21.4. The van der Waals surface area contributed by atoms with Gasteiger partial charge in [0.15, 0.2) is 5.82 Å². The molecule has 0 amide bonds. The number of aromatic nitrogens is 3. The summed E-state index contributed by atoms with van der Waals surface area (Å²) in [5.41, 5.74) is 1.75. The maximum atomic E-state index is 10.4. The van der Waals surface area contributed by atoms with Gasteiger partial charge in [-0.05, 0) is 19.1 Å². The van der Waals surface area contributed by atoms with E-state index in [1.165, 1.54) is 23.1 Å². The van der Waals surface area contributed by atoms with Crippen LogP contribution < -0.4 is 0 Å². The number of nitriles is 1. The third-order valence-corrected chi connectivity index (χ3v) is 5.09. The van der Waals surface area contributed by atoms with Crippen LogP contribution in [-0.2, 0) is 0 Å². The Balaban J connectivity index is 1.95. The molecule has 3 rings (SSSR count). The van der Waals surface area contributed by atoms with Crippen LogP contribution in [0.2, 0.25) is 0 Å². The van der Waals surface area contributed by atoms with Gasteiger partial charge in [0.1, 0.15) is 21.7 Å². The number of nitrogens with one attached hydrogen (secondary N) is 1. The molecule has 0 aliphatic heterocycles. The van der Waals surface area contributed by atoms with Crippen LogP contribution in [0.15, 0.2) is 45.9 Å². The first-order valence-corrected chi connectivity index (χ1v) is 8.29. The Hall–Kier alpha value is -2.30. The molecule has 0 spiro atoms. The number of fused-ring (bicyclic) bond motifs is 1. The van der Waals surface area contributed by atoms with Crippen LogP contribution in [0, 0.1) is 11.3 Å². The Kier molecular flexibility index (Phi) is 4.13. The number of H-pyrrole nitrogens is 1. The summed E-state index contributed by atoms with van der Waals surface area (Å²) in [6, 6.07) is 9.55. The molecule has 0 bridgehead atoms. The number of thioether (sulfide) groups is 1. The number of aliphatic hydroxyl groups is 1. The normalized spacial score (nSPS) is 13.6. The number of benzene rings is 1. The number of aromatic amines is 1. The first kappa shape index (κ1) is 14.6. The van der Waals surface area contributed by atoms with Gasteiger partial charge in [-0.1, -0.05) is 23.9 Å². The van der Waals surface area contributed by atoms with Crippen molar-refractivity contribution in [3.63, 3.8) is 0 Å². The minimum absolute atomic E-state index is 0.00163. The molecular weight excluding hydrogens is 316 g/mol. The van der Waals surface area contributed by atoms with E-state index in [9.17, 15) is 10.4 Å². The molecule has 2 aromatic heterocycles. The Morgan fingerprint density at radius 1 is 1.45 bits per heavy atom. The highest BCUT2D eigenvalue weighted by Gasteiger charge is 2.19. The topological polar surface area (TPSA) is 85.6 Å². The van der Waals surface area contributed by atoms with Crippen LogP contribution >= 0.6 is 23.1 Å². The van der Waals surface area contributed by atoms with Gasteiger partial charge in [-0.15, -0.1) is 11.3 Å². The first-order valence-electron chi connectivity index (χ1n) is 6.53. The van der Waals surface area contributed by atoms with Crippen LogP contribution in [0.4, 0.5) is 0 Å². The van der Waals surface area contributed by atoms with Crippen molar-refractivity contribution in [2.24, 2.45) is 0 Å². The van der Waals surface area contributed by atoms with Crippen molar-refractivity contribution in [2.75, 3.05) is 0 Å². The highest BCUT2D eigenvalue weighted by Crippen LogP contribution is 2.31. The summed E-state index contributed by atoms with van der Waals surface area (Å²) in [4.78, 5) is 11.6. The lowest BCUT2D eigenvalue weighted by molar-refractivity contribution is 0.402. The van der Waals surface area contributed by atoms with E-state index in [0.717, 1.165) is 15.4 Å². The fourth-order valence-corrected chi connectivity index (χ4v) is 3.82. The van der Waals surface area contributed by atoms with Gasteiger partial charge in [-0.2, -0.15) is 5.26 Å². The lowest BCUT2D eigenvalue weighted by Crippen LogP contribution is -2.04. The average Bonchev–Trinajstić information content (AvgIpc) is 3.16. The number of nitrogens with zero attached hydrogens (tertiary/aromatic N) is 3. The average molecular weight is 328 g/mol. The minimum atomic E-state index is -0.283. The molecule has 1 aromatic carbocycles. The number of rotatable bonds is 4. The van der Waals surface area contributed by atoms with E-state index in [0.29, 0.717) is 5.82 Å². The highest BCUT2D eigenvalue weighted by molar-refractivity contribution is 8.01. The maximum absolute atomic E-state index is 10.4. The lowest BCUT2D eigenvalue weighted by Gasteiger charge is -2.09. The second-order valence-corrected chi connectivity index (χ2v) is 7.02. The van der Waals surface area contributed by atoms with Crippen LogP contribution in [0.5, 0.6) is 0 Å². The quantitative estimate of drug-likeness (QED) is 0.429. The van der Waals surface area contributed by atoms with Crippen LogP contribution in [0.3, 0.4) is 0 Å². The summed E-state index contributed by atoms with van der Waals surface area (Å²) < 4.78 is 0.848. The van der Waals surface area contributed by atoms with Gasteiger partial charge in [-0.3, -0.25) is 0 Å². The molecular formula is C15H12N4OS2. The predicted molar refractivity (Wildman–Crippen MR) is 88.7 cm³/mol. The molecule has 3 aromatic rings. The minimum Gasteiger partial charge on any atom is -0.510 e. The predicted octanol–water partition coefficient (Wildman–Crippen LogP) is 3.99. The van der Waals surface area contributed by atoms with Gasteiger partial charge in [0, 0.05) is 11.6 Å². The van der Waals surface area contributed by atoms with E-state index in [4.69, 9.17) is 0 Å². The van der Waals surface area contributed by atoms with E-state index in [1.807, 2.05) is 42.6 Å². The Bertz CT molecular complexity index is 828. The van der Waals surface area contributed by atoms with E-state index >= 15 is 0 Å². The molecule has 1 atom stereocenters. The summed E-state index contributed by atoms with van der Waals surface area (Å²) in [6.07, 6.45) is 1.71. The fourth-order valence-electron chi connectivity index (χ4n) is 1.98. The van der Waals surface area contributed by atoms with E-state index in [1.54, 1.807) is 6.20 Å². The SMILES string of the molecule is CC(Sc1nccs1)/C(O)=C(\C#N)c1nc2ccccc2[nH]1. The van der Waals surface area contributed by atoms with Crippen molar-refractivity contribution in [2.45, 2.75) is 16.5 Å². The van der Waals surface area contributed by atoms with Crippen molar-refractivity contribution >= 4 is 39.7 Å². The molecule has 0 saturated heterocycles. The number of thiazole rings is 1. The molecule has 110 valence electrons. The Labute approximate surface area is 135 Å². The lowest BCUT2D eigenvalue weighted by atomic mass is 10.2. The van der Waals surface area contributed by atoms with Gasteiger partial charge >= 0.3 is 0 Å². The number of aliphatic hydroxyl groups excluding tert-OH is 1. The Morgan fingerprint density at radius 3 is 2.95 bits per heavy atom. The van der Waals surface area contributed by atoms with Gasteiger partial charge in [0.25, 0.3) is 0 Å². The monoisotopic (exact) mass is 328 g/mol. The number of allylic oxidation sites excluding steroid dienone is 1. The molecule has 0 aliphatic carbocycles. The molecule has 1 unspecified atom stereocenters. The molecule has 0 aliphatic rings. The van der Waals surface area contributed by atoms with E-state index < -0.39 is 0 Å². The van der Waals surface area contributed by atoms with Gasteiger partial charge < -0.3 is 10.1 Å². The summed E-state index contributed by atoms with van der Waals surface area (Å²) >= 11 is 2.91. The van der Waals surface area contributed by atoms with Crippen molar-refractivity contribution < 1.29 is 5.11 Å². The third-order valence-electron chi connectivity index (χ3n) is 3.07. The van der Waals surface area contributed by atoms with Crippen molar-refractivity contribution in [3.8, 4) is 6.07 Å². The number of para-hydroxylation sites is 2. The first-order chi connectivity index (χ1) is 10.7. The zero-order chi connectivity index (χ0) is 15.5. The molecule has 5 nitrogen and oxygen atoms in total. The molecule has 7 heteroatoms. The third kappa shape index (κ3) is 2.84. The Morgan fingerprint density at radius 2 is 2.27 bits per heavy atom. The van der Waals surface area contributed by atoms with E-state index in [-0.39, 0.29) is 16.6 Å². The van der Waals surface area contributed by atoms with Crippen LogP contribution in [0.25, 0.3) is 16.6 Å². The van der Waals surface area contributed by atoms with Crippen molar-refractivity contribution in [3.05, 3.63) is 47.4 Å². The number of hydrogen-bond donors (Lipinski definition) is 2. The molecule has 0 fully saturated rings. The molecule has 22 heavy (non-hydrogen) atoms. The molecule has 0 saturated carbocycles. The van der Waals surface area contributed by atoms with Gasteiger partial charge in [-0.25, -0.2) is 9.97 Å². The smallest absolute Gasteiger partial charge is 0.152 e.